The van der Waals surface area contributed by atoms with Gasteiger partial charge in [-0.25, -0.2) is 0 Å². The summed E-state index contributed by atoms with van der Waals surface area (Å²) in [5, 5.41) is 11.5. The van der Waals surface area contributed by atoms with Crippen LogP contribution in [0, 0.1) is 0 Å². The Hall–Kier alpha value is -1.86. The lowest BCUT2D eigenvalue weighted by atomic mass is 10.0. The number of nitrogens with zero attached hydrogens (tertiary/aromatic N) is 3. The Morgan fingerprint density at radius 3 is 2.79 bits per heavy atom. The molecule has 1 amide bonds. The van der Waals surface area contributed by atoms with Gasteiger partial charge in [0.15, 0.2) is 5.16 Å². The molecule has 0 spiro atoms. The van der Waals surface area contributed by atoms with Crippen LogP contribution >= 0.6 is 11.8 Å². The average Bonchev–Trinajstić information content (AvgIpc) is 3.05. The van der Waals surface area contributed by atoms with Crippen molar-refractivity contribution in [1.29, 1.82) is 0 Å². The molecule has 1 aromatic carbocycles. The molecule has 6 nitrogen and oxygen atoms in total. The zero-order chi connectivity index (χ0) is 17.4. The molecular weight excluding hydrogens is 324 g/mol. The Morgan fingerprint density at radius 2 is 2.08 bits per heavy atom. The summed E-state index contributed by atoms with van der Waals surface area (Å²) < 4.78 is 6.96. The molecule has 7 heteroatoms. The first-order valence-electron chi connectivity index (χ1n) is 7.98. The van der Waals surface area contributed by atoms with E-state index in [-0.39, 0.29) is 17.1 Å². The molecule has 1 N–H and O–H groups in total. The van der Waals surface area contributed by atoms with E-state index in [1.807, 2.05) is 29.7 Å². The van der Waals surface area contributed by atoms with Crippen molar-refractivity contribution < 1.29 is 9.53 Å². The summed E-state index contributed by atoms with van der Waals surface area (Å²) in [4.78, 5) is 12.3. The molecule has 0 bridgehead atoms. The molecule has 0 aliphatic heterocycles. The van der Waals surface area contributed by atoms with E-state index < -0.39 is 0 Å². The molecule has 0 saturated carbocycles. The number of amides is 1. The molecule has 0 radical (unpaired) electrons. The van der Waals surface area contributed by atoms with E-state index in [1.165, 1.54) is 17.3 Å². The first kappa shape index (κ1) is 18.5. The van der Waals surface area contributed by atoms with Crippen molar-refractivity contribution in [2.24, 2.45) is 0 Å². The van der Waals surface area contributed by atoms with Crippen LogP contribution in [0.3, 0.4) is 0 Å². The average molecular weight is 348 g/mol. The lowest BCUT2D eigenvalue weighted by Gasteiger charge is -2.16. The van der Waals surface area contributed by atoms with Crippen LogP contribution in [0.25, 0.3) is 0 Å². The molecule has 130 valence electrons. The number of benzene rings is 1. The predicted molar refractivity (Wildman–Crippen MR) is 95.1 cm³/mol. The van der Waals surface area contributed by atoms with Gasteiger partial charge in [-0.2, -0.15) is 0 Å². The molecule has 1 aromatic heterocycles. The van der Waals surface area contributed by atoms with Crippen LogP contribution in [0.15, 0.2) is 41.8 Å². The lowest BCUT2D eigenvalue weighted by Crippen LogP contribution is -2.33. The molecule has 0 fully saturated rings. The number of methoxy groups -OCH3 is 1. The number of aromatic nitrogens is 3. The molecule has 24 heavy (non-hydrogen) atoms. The normalized spacial score (nSPS) is 13.5. The molecule has 0 aliphatic rings. The quantitative estimate of drug-likeness (QED) is 0.704. The number of nitrogens with one attached hydrogen (secondary N) is 1. The van der Waals surface area contributed by atoms with Gasteiger partial charge in [0.25, 0.3) is 0 Å². The molecule has 2 rings (SSSR count). The standard InChI is InChI=1S/C17H24N4O2S/c1-13(15-7-5-4-6-8-15)11-18-16(22)14(2)24-17-20-19-12-21(17)9-10-23-3/h4-8,12-14H,9-11H2,1-3H3,(H,18,22). The second-order valence-corrected chi connectivity index (χ2v) is 6.92. The molecule has 2 atom stereocenters. The minimum absolute atomic E-state index is 0.00377. The van der Waals surface area contributed by atoms with Gasteiger partial charge in [-0.05, 0) is 18.4 Å². The maximum Gasteiger partial charge on any atom is 0.233 e. The summed E-state index contributed by atoms with van der Waals surface area (Å²) in [5.74, 6) is 0.279. The van der Waals surface area contributed by atoms with Crippen LogP contribution in [-0.2, 0) is 16.1 Å². The van der Waals surface area contributed by atoms with Crippen molar-refractivity contribution in [1.82, 2.24) is 20.1 Å². The number of hydrogen-bond acceptors (Lipinski definition) is 5. The summed E-state index contributed by atoms with van der Waals surface area (Å²) in [6, 6.07) is 10.2. The SMILES string of the molecule is COCCn1cnnc1SC(C)C(=O)NCC(C)c1ccccc1. The number of rotatable bonds is 9. The second kappa shape index (κ2) is 9.44. The van der Waals surface area contributed by atoms with Gasteiger partial charge in [-0.1, -0.05) is 49.0 Å². The molecular formula is C17H24N4O2S. The highest BCUT2D eigenvalue weighted by Gasteiger charge is 2.18. The van der Waals surface area contributed by atoms with Gasteiger partial charge >= 0.3 is 0 Å². The monoisotopic (exact) mass is 348 g/mol. The first-order chi connectivity index (χ1) is 11.6. The van der Waals surface area contributed by atoms with Crippen LogP contribution in [0.5, 0.6) is 0 Å². The zero-order valence-corrected chi connectivity index (χ0v) is 15.1. The highest BCUT2D eigenvalue weighted by Crippen LogP contribution is 2.21. The van der Waals surface area contributed by atoms with Gasteiger partial charge in [0.05, 0.1) is 11.9 Å². The van der Waals surface area contributed by atoms with Gasteiger partial charge in [-0.15, -0.1) is 10.2 Å². The van der Waals surface area contributed by atoms with Crippen molar-refractivity contribution in [2.45, 2.75) is 36.7 Å². The fraction of sp³-hybridized carbons (Fsp3) is 0.471. The summed E-state index contributed by atoms with van der Waals surface area (Å²) in [6.45, 7) is 5.85. The van der Waals surface area contributed by atoms with Crippen molar-refractivity contribution in [3.05, 3.63) is 42.2 Å². The third-order valence-electron chi connectivity index (χ3n) is 3.72. The highest BCUT2D eigenvalue weighted by molar-refractivity contribution is 8.00. The van der Waals surface area contributed by atoms with Gasteiger partial charge in [-0.3, -0.25) is 4.79 Å². The van der Waals surface area contributed by atoms with Gasteiger partial charge < -0.3 is 14.6 Å². The molecule has 2 aromatic rings. The van der Waals surface area contributed by atoms with Crippen LogP contribution in [-0.4, -0.2) is 46.2 Å². The first-order valence-corrected chi connectivity index (χ1v) is 8.85. The number of carbonyl (C=O) groups excluding carboxylic acids is 1. The number of thioether (sulfide) groups is 1. The van der Waals surface area contributed by atoms with Crippen molar-refractivity contribution in [3.8, 4) is 0 Å². The van der Waals surface area contributed by atoms with Gasteiger partial charge in [0, 0.05) is 20.2 Å². The molecule has 2 unspecified atom stereocenters. The van der Waals surface area contributed by atoms with E-state index in [0.29, 0.717) is 19.7 Å². The van der Waals surface area contributed by atoms with Crippen LogP contribution in [0.4, 0.5) is 0 Å². The molecule has 1 heterocycles. The number of ether oxygens (including phenoxy) is 1. The largest absolute Gasteiger partial charge is 0.383 e. The van der Waals surface area contributed by atoms with E-state index in [4.69, 9.17) is 4.74 Å². The number of hydrogen-bond donors (Lipinski definition) is 1. The second-order valence-electron chi connectivity index (χ2n) is 5.62. The lowest BCUT2D eigenvalue weighted by molar-refractivity contribution is -0.120. The fourth-order valence-corrected chi connectivity index (χ4v) is 3.06. The van der Waals surface area contributed by atoms with E-state index in [2.05, 4.69) is 34.6 Å². The van der Waals surface area contributed by atoms with Crippen molar-refractivity contribution >= 4 is 17.7 Å². The number of carbonyl (C=O) groups is 1. The third kappa shape index (κ3) is 5.35. The maximum absolute atomic E-state index is 12.3. The van der Waals surface area contributed by atoms with Gasteiger partial charge in [0.1, 0.15) is 6.33 Å². The summed E-state index contributed by atoms with van der Waals surface area (Å²) >= 11 is 1.40. The summed E-state index contributed by atoms with van der Waals surface area (Å²) in [5.41, 5.74) is 1.22. The van der Waals surface area contributed by atoms with Crippen LogP contribution in [0.1, 0.15) is 25.3 Å². The van der Waals surface area contributed by atoms with E-state index >= 15 is 0 Å². The van der Waals surface area contributed by atoms with E-state index in [0.717, 1.165) is 5.16 Å². The summed E-state index contributed by atoms with van der Waals surface area (Å²) in [6.07, 6.45) is 1.66. The van der Waals surface area contributed by atoms with Crippen LogP contribution in [0.2, 0.25) is 0 Å². The molecule has 0 aliphatic carbocycles. The third-order valence-corrected chi connectivity index (χ3v) is 4.81. The minimum atomic E-state index is -0.238. The highest BCUT2D eigenvalue weighted by atomic mass is 32.2. The Labute approximate surface area is 147 Å². The van der Waals surface area contributed by atoms with Gasteiger partial charge in [0.2, 0.25) is 5.91 Å². The van der Waals surface area contributed by atoms with E-state index in [9.17, 15) is 4.79 Å². The van der Waals surface area contributed by atoms with Crippen molar-refractivity contribution in [2.75, 3.05) is 20.3 Å². The van der Waals surface area contributed by atoms with Crippen LogP contribution < -0.4 is 5.32 Å². The Morgan fingerprint density at radius 1 is 1.33 bits per heavy atom. The fourth-order valence-electron chi connectivity index (χ4n) is 2.19. The topological polar surface area (TPSA) is 69.0 Å². The van der Waals surface area contributed by atoms with E-state index in [1.54, 1.807) is 13.4 Å². The predicted octanol–water partition coefficient (Wildman–Crippen LogP) is 2.33. The summed E-state index contributed by atoms with van der Waals surface area (Å²) in [7, 11) is 1.65. The smallest absolute Gasteiger partial charge is 0.233 e. The Kier molecular flexibility index (Phi) is 7.27. The van der Waals surface area contributed by atoms with Crippen molar-refractivity contribution in [3.63, 3.8) is 0 Å². The minimum Gasteiger partial charge on any atom is -0.383 e. The Bertz CT molecular complexity index is 633. The molecule has 0 saturated heterocycles. The Balaban J connectivity index is 1.83. The maximum atomic E-state index is 12.3. The zero-order valence-electron chi connectivity index (χ0n) is 14.3.